The van der Waals surface area contributed by atoms with Crippen molar-refractivity contribution in [2.45, 2.75) is 28.5 Å². The number of phosphoric acid groups is 2. The number of alkyl halides is 1. The minimum Gasteiger partial charge on any atom is -0.387 e. The molecule has 0 spiro atoms. The van der Waals surface area contributed by atoms with Crippen molar-refractivity contribution in [2.24, 2.45) is 0 Å². The summed E-state index contributed by atoms with van der Waals surface area (Å²) < 4.78 is 34.5. The minimum atomic E-state index is -5.32. The van der Waals surface area contributed by atoms with Crippen LogP contribution in [0.15, 0.2) is 0 Å². The first-order valence-electron chi connectivity index (χ1n) is 6.82. The molecule has 20 heteroatoms. The molecule has 0 saturated carbocycles. The van der Waals surface area contributed by atoms with Crippen molar-refractivity contribution < 1.29 is 57.2 Å². The van der Waals surface area contributed by atoms with Gasteiger partial charge < -0.3 is 48.1 Å². The molecule has 0 aliphatic carbocycles. The van der Waals surface area contributed by atoms with Gasteiger partial charge in [-0.1, -0.05) is 22.6 Å². The van der Waals surface area contributed by atoms with E-state index in [4.69, 9.17) is 14.5 Å². The number of nitrogens with zero attached hydrogens (tertiary/aromatic N) is 1. The highest BCUT2D eigenvalue weighted by molar-refractivity contribution is 14.1. The van der Waals surface area contributed by atoms with E-state index in [0.717, 1.165) is 4.90 Å². The SMILES string of the molecule is N.N.N.O=C1NC(=O)N([C@@H]2O[C@H](COP(=O)(O)OP(=O)(O)O)[C@@H](O)[C@H]2O)CC1I. The van der Waals surface area contributed by atoms with Crippen molar-refractivity contribution in [2.75, 3.05) is 13.2 Å². The van der Waals surface area contributed by atoms with E-state index in [2.05, 4.69) is 8.83 Å². The third-order valence-electron chi connectivity index (χ3n) is 3.39. The largest absolute Gasteiger partial charge is 0.481 e. The van der Waals surface area contributed by atoms with Crippen LogP contribution in [0.3, 0.4) is 0 Å². The summed E-state index contributed by atoms with van der Waals surface area (Å²) in [4.78, 5) is 50.4. The van der Waals surface area contributed by atoms with E-state index >= 15 is 0 Å². The molecule has 0 radical (unpaired) electrons. The van der Waals surface area contributed by atoms with Gasteiger partial charge in [0, 0.05) is 6.54 Å². The number of imide groups is 1. The Morgan fingerprint density at radius 1 is 1.14 bits per heavy atom. The van der Waals surface area contributed by atoms with Gasteiger partial charge in [0.1, 0.15) is 22.2 Å². The number of hydrogen-bond acceptors (Lipinski definition) is 12. The lowest BCUT2D eigenvalue weighted by Crippen LogP contribution is -2.60. The molecule has 0 aromatic heterocycles. The number of aliphatic hydroxyl groups is 2. The van der Waals surface area contributed by atoms with E-state index in [9.17, 15) is 33.8 Å². The first kappa shape index (κ1) is 30.9. The van der Waals surface area contributed by atoms with E-state index in [1.165, 1.54) is 0 Å². The van der Waals surface area contributed by atoms with Crippen LogP contribution in [0.25, 0.3) is 0 Å². The Morgan fingerprint density at radius 3 is 2.21 bits per heavy atom. The van der Waals surface area contributed by atoms with Crippen LogP contribution in [0.1, 0.15) is 0 Å². The van der Waals surface area contributed by atoms with Crippen LogP contribution >= 0.6 is 38.2 Å². The summed E-state index contributed by atoms with van der Waals surface area (Å²) in [6, 6.07) is -0.863. The number of nitrogens with one attached hydrogen (secondary N) is 1. The molecule has 2 aliphatic rings. The molecular formula is C9H24IN5O12P2. The van der Waals surface area contributed by atoms with Crippen molar-refractivity contribution in [1.29, 1.82) is 0 Å². The molecule has 0 aromatic carbocycles. The maximum absolute atomic E-state index is 11.9. The molecule has 2 fully saturated rings. The molecule has 2 aliphatic heterocycles. The van der Waals surface area contributed by atoms with Crippen LogP contribution in [0, 0.1) is 0 Å². The highest BCUT2D eigenvalue weighted by Crippen LogP contribution is 2.57. The predicted molar refractivity (Wildman–Crippen MR) is 103 cm³/mol. The lowest BCUT2D eigenvalue weighted by atomic mass is 10.1. The number of rotatable bonds is 6. The normalized spacial score (nSPS) is 31.7. The maximum atomic E-state index is 11.9. The molecule has 2 heterocycles. The van der Waals surface area contributed by atoms with Crippen molar-refractivity contribution in [3.8, 4) is 0 Å². The fraction of sp³-hybridized carbons (Fsp3) is 0.778. The zero-order chi connectivity index (χ0) is 19.9. The van der Waals surface area contributed by atoms with Gasteiger partial charge in [0.05, 0.1) is 6.61 Å². The lowest BCUT2D eigenvalue weighted by Gasteiger charge is -2.34. The molecule has 29 heavy (non-hydrogen) atoms. The number of aliphatic hydroxyl groups excluding tert-OH is 2. The molecule has 15 N–H and O–H groups in total. The van der Waals surface area contributed by atoms with Crippen molar-refractivity contribution in [1.82, 2.24) is 28.7 Å². The van der Waals surface area contributed by atoms with Crippen LogP contribution in [-0.2, 0) is 27.5 Å². The van der Waals surface area contributed by atoms with Crippen LogP contribution < -0.4 is 23.8 Å². The Labute approximate surface area is 177 Å². The van der Waals surface area contributed by atoms with Crippen LogP contribution in [-0.4, -0.2) is 83.3 Å². The molecule has 0 aromatic rings. The van der Waals surface area contributed by atoms with Gasteiger partial charge in [-0.15, -0.1) is 0 Å². The minimum absolute atomic E-state index is 0. The predicted octanol–water partition coefficient (Wildman–Crippen LogP) is -1.50. The fourth-order valence-corrected chi connectivity index (χ4v) is 4.44. The van der Waals surface area contributed by atoms with Gasteiger partial charge in [-0.2, -0.15) is 4.31 Å². The number of carbonyl (C=O) groups excluding carboxylic acids is 2. The molecule has 0 bridgehead atoms. The van der Waals surface area contributed by atoms with Gasteiger partial charge in [0.25, 0.3) is 0 Å². The van der Waals surface area contributed by atoms with Gasteiger partial charge in [0.15, 0.2) is 6.23 Å². The average Bonchev–Trinajstić information content (AvgIpc) is 2.75. The van der Waals surface area contributed by atoms with Gasteiger partial charge in [-0.25, -0.2) is 13.9 Å². The fourth-order valence-electron chi connectivity index (χ4n) is 2.26. The number of urea groups is 1. The number of phosphoric ester groups is 1. The topological polar surface area (TPSA) is 317 Å². The van der Waals surface area contributed by atoms with E-state index in [1.807, 2.05) is 5.32 Å². The number of ether oxygens (including phenoxy) is 1. The first-order chi connectivity index (χ1) is 11.8. The maximum Gasteiger partial charge on any atom is 0.481 e. The average molecular weight is 583 g/mol. The highest BCUT2D eigenvalue weighted by atomic mass is 127. The summed E-state index contributed by atoms with van der Waals surface area (Å²) in [5.41, 5.74) is 0. The van der Waals surface area contributed by atoms with Crippen molar-refractivity contribution in [3.05, 3.63) is 0 Å². The second-order valence-electron chi connectivity index (χ2n) is 5.30. The molecule has 2 saturated heterocycles. The first-order valence-corrected chi connectivity index (χ1v) is 11.1. The Hall–Kier alpha value is -0.310. The van der Waals surface area contributed by atoms with Crippen molar-refractivity contribution in [3.63, 3.8) is 0 Å². The smallest absolute Gasteiger partial charge is 0.387 e. The van der Waals surface area contributed by atoms with Gasteiger partial charge in [-0.3, -0.25) is 19.5 Å². The second-order valence-corrected chi connectivity index (χ2v) is 9.63. The monoisotopic (exact) mass is 583 g/mol. The Bertz CT molecular complexity index is 680. The summed E-state index contributed by atoms with van der Waals surface area (Å²) in [6.07, 6.45) is -6.10. The number of halogens is 1. The van der Waals surface area contributed by atoms with Crippen molar-refractivity contribution >= 4 is 50.2 Å². The summed E-state index contributed by atoms with van der Waals surface area (Å²) in [7, 11) is -10.5. The van der Waals surface area contributed by atoms with E-state index < -0.39 is 62.7 Å². The third kappa shape index (κ3) is 8.04. The molecule has 174 valence electrons. The van der Waals surface area contributed by atoms with Crippen LogP contribution in [0.5, 0.6) is 0 Å². The molecule has 2 unspecified atom stereocenters. The molecular weight excluding hydrogens is 559 g/mol. The highest BCUT2D eigenvalue weighted by Gasteiger charge is 2.49. The lowest BCUT2D eigenvalue weighted by molar-refractivity contribution is -0.124. The molecule has 6 atom stereocenters. The molecule has 2 rings (SSSR count). The summed E-state index contributed by atoms with van der Waals surface area (Å²) in [6.45, 7) is -1.00. The van der Waals surface area contributed by atoms with E-state index in [0.29, 0.717) is 0 Å². The van der Waals surface area contributed by atoms with Gasteiger partial charge in [0.2, 0.25) is 5.91 Å². The van der Waals surface area contributed by atoms with E-state index in [1.54, 1.807) is 22.6 Å². The summed E-state index contributed by atoms with van der Waals surface area (Å²) >= 11 is 1.76. The zero-order valence-corrected chi connectivity index (χ0v) is 18.7. The molecule has 17 nitrogen and oxygen atoms in total. The van der Waals surface area contributed by atoms with E-state index in [-0.39, 0.29) is 25.0 Å². The standard InChI is InChI=1S/C9H15IN2O12P2.3H3N/c10-3-1-12(9(16)11-7(3)15)8-6(14)5(13)4(23-8)2-22-26(20,21)24-25(17,18)19;;;/h3-6,8,13-14H,1-2H2,(H,20,21)(H,11,15,16)(H2,17,18,19);3*1H3/t3?,4-,5-,6-,8-;;;/m1.../s1. The number of carbonyl (C=O) groups is 2. The number of amides is 3. The van der Waals surface area contributed by atoms with Crippen LogP contribution in [0.4, 0.5) is 4.79 Å². The Balaban J connectivity index is 0. The summed E-state index contributed by atoms with van der Waals surface area (Å²) in [5, 5.41) is 22.0. The summed E-state index contributed by atoms with van der Waals surface area (Å²) in [5.74, 6) is -0.532. The van der Waals surface area contributed by atoms with Crippen LogP contribution in [0.2, 0.25) is 0 Å². The van der Waals surface area contributed by atoms with Gasteiger partial charge >= 0.3 is 21.7 Å². The quantitative estimate of drug-likeness (QED) is 0.0976. The van der Waals surface area contributed by atoms with Gasteiger partial charge in [-0.05, 0) is 0 Å². The number of hydrogen-bond donors (Lipinski definition) is 9. The Morgan fingerprint density at radius 2 is 1.69 bits per heavy atom. The second kappa shape index (κ2) is 11.3. The zero-order valence-electron chi connectivity index (χ0n) is 14.7. The Kier molecular flexibility index (Phi) is 12.1. The third-order valence-corrected chi connectivity index (χ3v) is 6.50. The molecule has 3 amide bonds.